The van der Waals surface area contributed by atoms with Gasteiger partial charge in [0.2, 0.25) is 0 Å². The maximum atomic E-state index is 12.6. The van der Waals surface area contributed by atoms with Gasteiger partial charge in [-0.15, -0.1) is 0 Å². The van der Waals surface area contributed by atoms with E-state index in [9.17, 15) is 9.59 Å². The Labute approximate surface area is 165 Å². The summed E-state index contributed by atoms with van der Waals surface area (Å²) in [7, 11) is 0. The predicted molar refractivity (Wildman–Crippen MR) is 111 cm³/mol. The molecule has 0 unspecified atom stereocenters. The van der Waals surface area contributed by atoms with Crippen molar-refractivity contribution in [3.63, 3.8) is 0 Å². The lowest BCUT2D eigenvalue weighted by molar-refractivity contribution is 0.0697. The molecule has 1 aromatic heterocycles. The smallest absolute Gasteiger partial charge is 0.335 e. The molecule has 1 heterocycles. The summed E-state index contributed by atoms with van der Waals surface area (Å²) in [5.41, 5.74) is 4.80. The van der Waals surface area contributed by atoms with E-state index in [1.54, 1.807) is 19.1 Å². The highest BCUT2D eigenvalue weighted by Gasteiger charge is 2.10. The van der Waals surface area contributed by atoms with E-state index < -0.39 is 5.97 Å². The number of thiocarbonyl (C=S) groups is 1. The quantitative estimate of drug-likeness (QED) is 0.300. The van der Waals surface area contributed by atoms with E-state index in [1.807, 2.05) is 30.3 Å². The van der Waals surface area contributed by atoms with Gasteiger partial charge in [0.05, 0.1) is 23.0 Å². The fraction of sp³-hybridized carbons (Fsp3) is 0.0526. The van der Waals surface area contributed by atoms with Crippen LogP contribution in [-0.4, -0.2) is 32.2 Å². The first-order valence-electron chi connectivity index (χ1n) is 8.26. The highest BCUT2D eigenvalue weighted by molar-refractivity contribution is 7.80. The maximum Gasteiger partial charge on any atom is 0.335 e. The lowest BCUT2D eigenvalue weighted by Crippen LogP contribution is -2.24. The summed E-state index contributed by atoms with van der Waals surface area (Å²) in [4.78, 5) is 23.6. The first-order chi connectivity index (χ1) is 13.5. The molecule has 0 atom stereocenters. The Morgan fingerprint density at radius 2 is 1.96 bits per heavy atom. The number of benzene rings is 2. The van der Waals surface area contributed by atoms with E-state index in [0.29, 0.717) is 16.9 Å². The second-order valence-corrected chi connectivity index (χ2v) is 6.24. The lowest BCUT2D eigenvalue weighted by atomic mass is 10.2. The number of carbonyl (C=O) groups is 1. The molecule has 0 aliphatic carbocycles. The Kier molecular flexibility index (Phi) is 5.66. The van der Waals surface area contributed by atoms with Crippen molar-refractivity contribution in [3.05, 3.63) is 81.8 Å². The Hall–Kier alpha value is -3.72. The largest absolute Gasteiger partial charge is 0.478 e. The standard InChI is InChI=1S/C19H17N5O3S/c1-12-16(17(25)24(23-12)15-8-3-2-4-9-15)11-20-22-19(28)21-14-7-5-6-13(10-14)18(26)27/h2-11,23H,1H3,(H,26,27)(H2,21,22,28)/b20-11+. The number of aromatic nitrogens is 2. The molecule has 0 radical (unpaired) electrons. The van der Waals surface area contributed by atoms with Gasteiger partial charge in [-0.2, -0.15) is 5.10 Å². The van der Waals surface area contributed by atoms with E-state index in [1.165, 1.54) is 23.0 Å². The van der Waals surface area contributed by atoms with Crippen LogP contribution in [0.1, 0.15) is 21.6 Å². The summed E-state index contributed by atoms with van der Waals surface area (Å²) in [6.45, 7) is 1.77. The average molecular weight is 395 g/mol. The van der Waals surface area contributed by atoms with Gasteiger partial charge in [-0.25, -0.2) is 9.48 Å². The molecular weight excluding hydrogens is 378 g/mol. The molecule has 0 saturated heterocycles. The number of aromatic amines is 1. The number of hydrogen-bond acceptors (Lipinski definition) is 4. The summed E-state index contributed by atoms with van der Waals surface area (Å²) in [6, 6.07) is 15.4. The first-order valence-corrected chi connectivity index (χ1v) is 8.67. The van der Waals surface area contributed by atoms with Crippen molar-refractivity contribution >= 4 is 35.2 Å². The molecule has 3 rings (SSSR count). The molecule has 2 aromatic carbocycles. The molecule has 0 spiro atoms. The molecule has 28 heavy (non-hydrogen) atoms. The zero-order chi connectivity index (χ0) is 20.1. The number of rotatable bonds is 5. The Morgan fingerprint density at radius 1 is 1.21 bits per heavy atom. The molecule has 9 heteroatoms. The molecule has 0 aliphatic rings. The average Bonchev–Trinajstić information content (AvgIpc) is 2.97. The number of aromatic carboxylic acids is 1. The summed E-state index contributed by atoms with van der Waals surface area (Å²) < 4.78 is 1.44. The van der Waals surface area contributed by atoms with E-state index in [2.05, 4.69) is 20.9 Å². The van der Waals surface area contributed by atoms with Gasteiger partial charge >= 0.3 is 5.97 Å². The van der Waals surface area contributed by atoms with Crippen molar-refractivity contribution in [1.29, 1.82) is 0 Å². The third-order valence-corrected chi connectivity index (χ3v) is 4.05. The van der Waals surface area contributed by atoms with Crippen LogP contribution < -0.4 is 16.3 Å². The number of anilines is 1. The topological polar surface area (TPSA) is 112 Å². The lowest BCUT2D eigenvalue weighted by Gasteiger charge is -2.07. The Morgan fingerprint density at radius 3 is 2.68 bits per heavy atom. The van der Waals surface area contributed by atoms with E-state index in [0.717, 1.165) is 5.69 Å². The van der Waals surface area contributed by atoms with Crippen LogP contribution in [0.2, 0.25) is 0 Å². The Balaban J connectivity index is 1.69. The summed E-state index contributed by atoms with van der Waals surface area (Å²) in [6.07, 6.45) is 1.38. The highest BCUT2D eigenvalue weighted by atomic mass is 32.1. The number of para-hydroxylation sites is 1. The molecule has 0 amide bonds. The predicted octanol–water partition coefficient (Wildman–Crippen LogP) is 2.49. The third-order valence-electron chi connectivity index (χ3n) is 3.86. The van der Waals surface area contributed by atoms with E-state index in [-0.39, 0.29) is 16.2 Å². The second kappa shape index (κ2) is 8.31. The van der Waals surface area contributed by atoms with Gasteiger partial charge < -0.3 is 10.4 Å². The van der Waals surface area contributed by atoms with Crippen LogP contribution in [0.25, 0.3) is 5.69 Å². The SMILES string of the molecule is Cc1[nH]n(-c2ccccc2)c(=O)c1/C=N/NC(=S)Nc1cccc(C(=O)O)c1. The van der Waals surface area contributed by atoms with Gasteiger partial charge in [-0.05, 0) is 49.5 Å². The molecule has 3 aromatic rings. The maximum absolute atomic E-state index is 12.6. The van der Waals surface area contributed by atoms with E-state index in [4.69, 9.17) is 17.3 Å². The van der Waals surface area contributed by atoms with Crippen molar-refractivity contribution in [1.82, 2.24) is 15.2 Å². The molecule has 4 N–H and O–H groups in total. The first kappa shape index (κ1) is 19.1. The summed E-state index contributed by atoms with van der Waals surface area (Å²) in [5, 5.41) is 19.0. The van der Waals surface area contributed by atoms with Crippen molar-refractivity contribution in [2.45, 2.75) is 6.92 Å². The van der Waals surface area contributed by atoms with Crippen molar-refractivity contribution in [2.24, 2.45) is 5.10 Å². The van der Waals surface area contributed by atoms with Crippen LogP contribution in [0, 0.1) is 6.92 Å². The van der Waals surface area contributed by atoms with Crippen LogP contribution in [0.4, 0.5) is 5.69 Å². The highest BCUT2D eigenvalue weighted by Crippen LogP contribution is 2.10. The van der Waals surface area contributed by atoms with Gasteiger partial charge in [0, 0.05) is 11.4 Å². The van der Waals surface area contributed by atoms with Gasteiger partial charge in [0.25, 0.3) is 5.56 Å². The Bertz CT molecular complexity index is 1100. The number of carboxylic acids is 1. The van der Waals surface area contributed by atoms with E-state index >= 15 is 0 Å². The molecule has 0 saturated carbocycles. The number of hydrazone groups is 1. The number of nitrogens with zero attached hydrogens (tertiary/aromatic N) is 2. The van der Waals surface area contributed by atoms with Gasteiger partial charge in [-0.1, -0.05) is 24.3 Å². The molecule has 0 bridgehead atoms. The van der Waals surface area contributed by atoms with Crippen molar-refractivity contribution in [2.75, 3.05) is 5.32 Å². The second-order valence-electron chi connectivity index (χ2n) is 5.84. The van der Waals surface area contributed by atoms with Crippen LogP contribution in [0.15, 0.2) is 64.5 Å². The molecular formula is C19H17N5O3S. The molecule has 142 valence electrons. The van der Waals surface area contributed by atoms with Gasteiger partial charge in [0.1, 0.15) is 0 Å². The van der Waals surface area contributed by atoms with Gasteiger partial charge in [0.15, 0.2) is 5.11 Å². The van der Waals surface area contributed by atoms with Crippen LogP contribution in [0.5, 0.6) is 0 Å². The number of nitrogens with one attached hydrogen (secondary N) is 3. The van der Waals surface area contributed by atoms with Crippen molar-refractivity contribution < 1.29 is 9.90 Å². The zero-order valence-electron chi connectivity index (χ0n) is 14.8. The number of hydrogen-bond donors (Lipinski definition) is 4. The monoisotopic (exact) mass is 395 g/mol. The fourth-order valence-corrected chi connectivity index (χ4v) is 2.69. The minimum Gasteiger partial charge on any atom is -0.478 e. The number of H-pyrrole nitrogens is 1. The normalized spacial score (nSPS) is 10.8. The van der Waals surface area contributed by atoms with Crippen LogP contribution >= 0.6 is 12.2 Å². The number of aryl methyl sites for hydroxylation is 1. The number of carboxylic acid groups (broad SMARTS) is 1. The van der Waals surface area contributed by atoms with Crippen LogP contribution in [0.3, 0.4) is 0 Å². The minimum atomic E-state index is -1.03. The van der Waals surface area contributed by atoms with Crippen molar-refractivity contribution in [3.8, 4) is 5.69 Å². The van der Waals surface area contributed by atoms with Gasteiger partial charge in [-0.3, -0.25) is 15.3 Å². The molecule has 0 fully saturated rings. The molecule has 8 nitrogen and oxygen atoms in total. The molecule has 0 aliphatic heterocycles. The summed E-state index contributed by atoms with van der Waals surface area (Å²) in [5.74, 6) is -1.03. The fourth-order valence-electron chi connectivity index (χ4n) is 2.51. The zero-order valence-corrected chi connectivity index (χ0v) is 15.7. The summed E-state index contributed by atoms with van der Waals surface area (Å²) >= 11 is 5.13. The van der Waals surface area contributed by atoms with Crippen LogP contribution in [-0.2, 0) is 0 Å². The third kappa shape index (κ3) is 4.33. The minimum absolute atomic E-state index is 0.140.